The predicted molar refractivity (Wildman–Crippen MR) is 77.1 cm³/mol. The van der Waals surface area contributed by atoms with Gasteiger partial charge in [0.2, 0.25) is 5.82 Å². The minimum Gasteiger partial charge on any atom is -1.00 e. The number of hydrogen-bond acceptors (Lipinski definition) is 7. The smallest absolute Gasteiger partial charge is 0.342 e. The zero-order valence-corrected chi connectivity index (χ0v) is 14.9. The van der Waals surface area contributed by atoms with Crippen molar-refractivity contribution in [2.75, 3.05) is 47.4 Å². The zero-order valence-electron chi connectivity index (χ0n) is 12.4. The molecule has 20 heavy (non-hydrogen) atoms. The fourth-order valence-electron chi connectivity index (χ4n) is 1.94. The molecule has 1 aromatic heterocycles. The lowest BCUT2D eigenvalue weighted by Crippen LogP contribution is -3.00. The summed E-state index contributed by atoms with van der Waals surface area (Å²) >= 11 is 0. The maximum Gasteiger partial charge on any atom is 0.342 e. The Kier molecular flexibility index (Phi) is 6.99. The average Bonchev–Trinajstić information content (AvgIpc) is 2.26. The third kappa shape index (κ3) is 3.64. The molecule has 0 aliphatic heterocycles. The summed E-state index contributed by atoms with van der Waals surface area (Å²) in [7, 11) is 9.37. The molecule has 1 aromatic rings. The monoisotopic (exact) mass is 369 g/mol. The minimum absolute atomic E-state index is 0. The van der Waals surface area contributed by atoms with Crippen LogP contribution in [0.1, 0.15) is 0 Å². The normalized spacial score (nSPS) is 11.8. The predicted octanol–water partition coefficient (Wildman–Crippen LogP) is -3.76. The first-order valence-corrected chi connectivity index (χ1v) is 7.26. The van der Waals surface area contributed by atoms with Gasteiger partial charge >= 0.3 is 13.6 Å². The van der Waals surface area contributed by atoms with Crippen LogP contribution in [0.4, 0.5) is 5.82 Å². The topological polar surface area (TPSA) is 100 Å². The molecule has 0 fully saturated rings. The molecular formula is C9H21BrN7O2P. The summed E-state index contributed by atoms with van der Waals surface area (Å²) in [5.74, 6) is 0.0871. The summed E-state index contributed by atoms with van der Waals surface area (Å²) in [5, 5.41) is 9.13. The number of halogens is 1. The molecule has 0 radical (unpaired) electrons. The first-order chi connectivity index (χ1) is 8.71. The third-order valence-corrected chi connectivity index (χ3v) is 6.50. The second kappa shape index (κ2) is 7.28. The summed E-state index contributed by atoms with van der Waals surface area (Å²) in [6.45, 7) is 0. The fourth-order valence-corrected chi connectivity index (χ4v) is 5.12. The number of nitrogens with zero attached hydrogens (tertiary/aromatic N) is 4. The Morgan fingerprint density at radius 3 is 1.80 bits per heavy atom. The van der Waals surface area contributed by atoms with Gasteiger partial charge in [0.25, 0.3) is 5.56 Å². The van der Waals surface area contributed by atoms with E-state index in [2.05, 4.69) is 20.3 Å². The first kappa shape index (κ1) is 19.2. The molecule has 0 saturated carbocycles. The van der Waals surface area contributed by atoms with Crippen molar-refractivity contribution in [2.24, 2.45) is 0 Å². The van der Waals surface area contributed by atoms with Gasteiger partial charge in [-0.15, -0.1) is 19.1 Å². The van der Waals surface area contributed by atoms with Gasteiger partial charge in [-0.25, -0.2) is 9.89 Å². The summed E-state index contributed by atoms with van der Waals surface area (Å²) < 4.78 is 6.00. The highest BCUT2D eigenvalue weighted by Crippen LogP contribution is 2.61. The van der Waals surface area contributed by atoms with Crippen molar-refractivity contribution < 1.29 is 17.0 Å². The molecule has 116 valence electrons. The Bertz CT molecular complexity index is 520. The van der Waals surface area contributed by atoms with Crippen molar-refractivity contribution in [1.29, 1.82) is 0 Å². The second-order valence-electron chi connectivity index (χ2n) is 4.58. The molecule has 0 unspecified atom stereocenters. The largest absolute Gasteiger partial charge is 1.00 e. The molecule has 0 amide bonds. The van der Waals surface area contributed by atoms with Crippen LogP contribution in [0, 0.1) is 0 Å². The number of aromatic nitrogens is 3. The molecule has 9 nitrogen and oxygen atoms in total. The van der Waals surface area contributed by atoms with E-state index in [1.807, 2.05) is 56.3 Å². The lowest BCUT2D eigenvalue weighted by Gasteiger charge is -2.38. The SMILES string of the molecule is CN(C)[P+](Nc1n[nH]c(=O)[nH]c1=O)(N(C)C)N(C)C.[Br-]. The lowest BCUT2D eigenvalue weighted by molar-refractivity contribution is -0.00000455. The van der Waals surface area contributed by atoms with Gasteiger partial charge in [-0.2, -0.15) is 5.09 Å². The van der Waals surface area contributed by atoms with Gasteiger partial charge < -0.3 is 17.0 Å². The highest BCUT2D eigenvalue weighted by molar-refractivity contribution is 7.70. The van der Waals surface area contributed by atoms with Gasteiger partial charge in [-0.05, 0) is 0 Å². The molecule has 11 heteroatoms. The maximum atomic E-state index is 11.7. The van der Waals surface area contributed by atoms with E-state index in [9.17, 15) is 9.59 Å². The van der Waals surface area contributed by atoms with Crippen LogP contribution in [0.3, 0.4) is 0 Å². The summed E-state index contributed by atoms with van der Waals surface area (Å²) in [5.41, 5.74) is -1.17. The Morgan fingerprint density at radius 2 is 1.45 bits per heavy atom. The number of H-pyrrole nitrogens is 2. The van der Waals surface area contributed by atoms with Crippen LogP contribution in [0.15, 0.2) is 9.59 Å². The highest BCUT2D eigenvalue weighted by Gasteiger charge is 2.49. The van der Waals surface area contributed by atoms with Crippen molar-refractivity contribution in [2.45, 2.75) is 0 Å². The lowest BCUT2D eigenvalue weighted by atomic mass is 10.7. The van der Waals surface area contributed by atoms with Crippen molar-refractivity contribution in [1.82, 2.24) is 29.2 Å². The van der Waals surface area contributed by atoms with E-state index in [-0.39, 0.29) is 22.8 Å². The van der Waals surface area contributed by atoms with Crippen LogP contribution in [0.2, 0.25) is 0 Å². The van der Waals surface area contributed by atoms with Crippen molar-refractivity contribution in [3.05, 3.63) is 20.8 Å². The highest BCUT2D eigenvalue weighted by atomic mass is 79.9. The van der Waals surface area contributed by atoms with Gasteiger partial charge in [0.05, 0.1) is 0 Å². The van der Waals surface area contributed by atoms with Gasteiger partial charge in [0, 0.05) is 42.3 Å². The Labute approximate surface area is 128 Å². The van der Waals surface area contributed by atoms with Gasteiger partial charge in [0.1, 0.15) is 0 Å². The molecule has 0 spiro atoms. The first-order valence-electron chi connectivity index (χ1n) is 5.61. The summed E-state index contributed by atoms with van der Waals surface area (Å²) in [4.78, 5) is 24.9. The van der Waals surface area contributed by atoms with Crippen LogP contribution in [-0.4, -0.2) is 71.5 Å². The molecule has 0 saturated heterocycles. The fraction of sp³-hybridized carbons (Fsp3) is 0.667. The quantitative estimate of drug-likeness (QED) is 0.458. The van der Waals surface area contributed by atoms with E-state index < -0.39 is 19.1 Å². The van der Waals surface area contributed by atoms with Crippen LogP contribution in [0.25, 0.3) is 0 Å². The molecule has 0 atom stereocenters. The van der Waals surface area contributed by atoms with Gasteiger partial charge in [-0.3, -0.25) is 9.78 Å². The van der Waals surface area contributed by atoms with E-state index in [0.29, 0.717) is 0 Å². The van der Waals surface area contributed by atoms with Crippen LogP contribution in [0.5, 0.6) is 0 Å². The molecular weight excluding hydrogens is 349 g/mol. The number of anilines is 1. The molecule has 0 aliphatic rings. The van der Waals surface area contributed by atoms with Gasteiger partial charge in [0.15, 0.2) is 0 Å². The van der Waals surface area contributed by atoms with E-state index in [0.717, 1.165) is 0 Å². The van der Waals surface area contributed by atoms with E-state index >= 15 is 0 Å². The van der Waals surface area contributed by atoms with E-state index in [1.165, 1.54) is 0 Å². The number of nitrogens with one attached hydrogen (secondary N) is 3. The van der Waals surface area contributed by atoms with E-state index in [4.69, 9.17) is 0 Å². The molecule has 1 heterocycles. The van der Waals surface area contributed by atoms with Gasteiger partial charge in [-0.1, -0.05) is 0 Å². The summed E-state index contributed by atoms with van der Waals surface area (Å²) in [6, 6.07) is 0. The Morgan fingerprint density at radius 1 is 1.00 bits per heavy atom. The number of aromatic amines is 2. The Hall–Kier alpha value is -0.800. The zero-order chi connectivity index (χ0) is 14.8. The minimum atomic E-state index is -2.13. The van der Waals surface area contributed by atoms with E-state index in [1.54, 1.807) is 0 Å². The molecule has 0 aliphatic carbocycles. The summed E-state index contributed by atoms with van der Waals surface area (Å²) in [6.07, 6.45) is 0. The van der Waals surface area contributed by atoms with Crippen LogP contribution < -0.4 is 33.3 Å². The molecule has 0 bridgehead atoms. The van der Waals surface area contributed by atoms with Crippen LogP contribution >= 0.6 is 7.87 Å². The standard InChI is InChI=1S/C9H20N7O2P.BrH/c1-14(2)19(15(3)4,16(5)6)13-7-8(17)10-9(18)12-11-7;/h1-6H3,(H2-,10,11,12,13,17,18);1H. The third-order valence-electron chi connectivity index (χ3n) is 2.64. The molecule has 0 aromatic carbocycles. The molecule has 1 rings (SSSR count). The Balaban J connectivity index is 0.00000361. The number of rotatable bonds is 5. The second-order valence-corrected chi connectivity index (χ2v) is 8.34. The van der Waals surface area contributed by atoms with Crippen molar-refractivity contribution >= 4 is 13.7 Å². The van der Waals surface area contributed by atoms with Crippen LogP contribution in [-0.2, 0) is 0 Å². The number of hydrogen-bond donors (Lipinski definition) is 3. The average molecular weight is 370 g/mol. The van der Waals surface area contributed by atoms with Crippen molar-refractivity contribution in [3.8, 4) is 0 Å². The molecule has 3 N–H and O–H groups in total. The maximum absolute atomic E-state index is 11.7. The van der Waals surface area contributed by atoms with Crippen molar-refractivity contribution in [3.63, 3.8) is 0 Å².